The van der Waals surface area contributed by atoms with Crippen LogP contribution in [0.25, 0.3) is 33.3 Å². The molecule has 10 heteroatoms. The molecule has 0 amide bonds. The SMILES string of the molecule is C[C@@H](Nc1c(Cl)cnc2ccc(-c3cnc(C(C)(C)O)nc3)cc12)c1cc(-c2cn(C)nn2)ccc1F. The number of fused-ring (bicyclic) bond motifs is 1. The molecule has 0 saturated heterocycles. The van der Waals surface area contributed by atoms with E-state index in [0.29, 0.717) is 27.8 Å². The highest BCUT2D eigenvalue weighted by Crippen LogP contribution is 2.36. The molecule has 2 aromatic carbocycles. The molecule has 0 unspecified atom stereocenters. The number of anilines is 1. The van der Waals surface area contributed by atoms with E-state index in [2.05, 4.69) is 30.6 Å². The second-order valence-electron chi connectivity index (χ2n) is 9.45. The van der Waals surface area contributed by atoms with Crippen molar-refractivity contribution in [2.45, 2.75) is 32.4 Å². The summed E-state index contributed by atoms with van der Waals surface area (Å²) < 4.78 is 16.5. The van der Waals surface area contributed by atoms with E-state index in [-0.39, 0.29) is 5.82 Å². The van der Waals surface area contributed by atoms with E-state index < -0.39 is 11.6 Å². The molecule has 2 N–H and O–H groups in total. The van der Waals surface area contributed by atoms with E-state index in [0.717, 1.165) is 27.6 Å². The molecule has 5 rings (SSSR count). The number of aryl methyl sites for hydroxylation is 1. The van der Waals surface area contributed by atoms with Crippen molar-refractivity contribution in [2.75, 3.05) is 5.32 Å². The molecule has 0 spiro atoms. The van der Waals surface area contributed by atoms with Crippen LogP contribution in [0.4, 0.5) is 10.1 Å². The van der Waals surface area contributed by atoms with Crippen molar-refractivity contribution >= 4 is 28.2 Å². The van der Waals surface area contributed by atoms with E-state index in [1.165, 1.54) is 6.07 Å². The molecular formula is C27H25ClFN7O. The fourth-order valence-electron chi connectivity index (χ4n) is 4.10. The minimum Gasteiger partial charge on any atom is -0.382 e. The van der Waals surface area contributed by atoms with Gasteiger partial charge in [-0.15, -0.1) is 5.10 Å². The first-order valence-electron chi connectivity index (χ1n) is 11.7. The van der Waals surface area contributed by atoms with Crippen molar-refractivity contribution in [1.29, 1.82) is 0 Å². The zero-order valence-electron chi connectivity index (χ0n) is 20.7. The Morgan fingerprint density at radius 2 is 1.73 bits per heavy atom. The van der Waals surface area contributed by atoms with Crippen LogP contribution < -0.4 is 5.32 Å². The number of benzene rings is 2. The van der Waals surface area contributed by atoms with Crippen molar-refractivity contribution in [3.63, 3.8) is 0 Å². The highest BCUT2D eigenvalue weighted by Gasteiger charge is 2.20. The predicted molar refractivity (Wildman–Crippen MR) is 141 cm³/mol. The highest BCUT2D eigenvalue weighted by molar-refractivity contribution is 6.34. The molecule has 3 heterocycles. The fraction of sp³-hybridized carbons (Fsp3) is 0.222. The van der Waals surface area contributed by atoms with Gasteiger partial charge in [-0.1, -0.05) is 22.9 Å². The average Bonchev–Trinajstić information content (AvgIpc) is 3.31. The van der Waals surface area contributed by atoms with E-state index in [1.54, 1.807) is 62.5 Å². The van der Waals surface area contributed by atoms with Gasteiger partial charge in [0.2, 0.25) is 0 Å². The topological polar surface area (TPSA) is 102 Å². The van der Waals surface area contributed by atoms with Crippen LogP contribution in [0.2, 0.25) is 5.02 Å². The van der Waals surface area contributed by atoms with Gasteiger partial charge in [-0.25, -0.2) is 14.4 Å². The standard InChI is InChI=1S/C27H25ClFN7O/c1-15(19-10-17(5-7-22(19)29)24-14-36(4)35-34-24)33-25-20-9-16(6-8-23(20)30-13-21(25)28)18-11-31-26(32-12-18)27(2,3)37/h5-15,37H,1-4H3,(H,30,33)/t15-/m1/s1. The first kappa shape index (κ1) is 24.7. The van der Waals surface area contributed by atoms with Crippen molar-refractivity contribution in [3.8, 4) is 22.4 Å². The maximum atomic E-state index is 14.9. The quantitative estimate of drug-likeness (QED) is 0.299. The Morgan fingerprint density at radius 1 is 1.00 bits per heavy atom. The third-order valence-electron chi connectivity index (χ3n) is 6.08. The van der Waals surface area contributed by atoms with Crippen LogP contribution in [-0.4, -0.2) is 35.1 Å². The van der Waals surface area contributed by atoms with E-state index in [4.69, 9.17) is 11.6 Å². The van der Waals surface area contributed by atoms with Gasteiger partial charge in [0.25, 0.3) is 0 Å². The minimum absolute atomic E-state index is 0.337. The number of aromatic nitrogens is 6. The van der Waals surface area contributed by atoms with Gasteiger partial charge in [0.1, 0.15) is 17.1 Å². The maximum Gasteiger partial charge on any atom is 0.159 e. The molecule has 8 nitrogen and oxygen atoms in total. The van der Waals surface area contributed by atoms with Gasteiger partial charge in [0.15, 0.2) is 5.82 Å². The lowest BCUT2D eigenvalue weighted by molar-refractivity contribution is 0.0687. The lowest BCUT2D eigenvalue weighted by Crippen LogP contribution is -2.19. The Balaban J connectivity index is 1.51. The Labute approximate surface area is 218 Å². The molecule has 37 heavy (non-hydrogen) atoms. The van der Waals surface area contributed by atoms with E-state index in [1.807, 2.05) is 25.1 Å². The number of hydrogen-bond donors (Lipinski definition) is 2. The number of rotatable bonds is 6. The number of nitrogens with zero attached hydrogens (tertiary/aromatic N) is 6. The Bertz CT molecular complexity index is 1600. The molecule has 3 aromatic heterocycles. The third-order valence-corrected chi connectivity index (χ3v) is 6.36. The van der Waals surface area contributed by atoms with Crippen molar-refractivity contribution in [1.82, 2.24) is 29.9 Å². The first-order valence-corrected chi connectivity index (χ1v) is 12.0. The summed E-state index contributed by atoms with van der Waals surface area (Å²) in [6.07, 6.45) is 6.69. The molecule has 0 aliphatic rings. The summed E-state index contributed by atoms with van der Waals surface area (Å²) in [6.45, 7) is 5.14. The van der Waals surface area contributed by atoms with Crippen LogP contribution in [0.15, 0.2) is 61.2 Å². The zero-order valence-corrected chi connectivity index (χ0v) is 21.5. The Kier molecular flexibility index (Phi) is 6.35. The first-order chi connectivity index (χ1) is 17.6. The van der Waals surface area contributed by atoms with Gasteiger partial charge < -0.3 is 10.4 Å². The molecule has 188 valence electrons. The Hall–Kier alpha value is -3.95. The second kappa shape index (κ2) is 9.49. The normalized spacial score (nSPS) is 12.6. The largest absolute Gasteiger partial charge is 0.382 e. The lowest BCUT2D eigenvalue weighted by atomic mass is 10.0. The van der Waals surface area contributed by atoms with Crippen molar-refractivity contribution in [3.05, 3.63) is 83.4 Å². The summed E-state index contributed by atoms with van der Waals surface area (Å²) >= 11 is 6.58. The summed E-state index contributed by atoms with van der Waals surface area (Å²) in [5.74, 6) is -0.00414. The molecule has 0 aliphatic carbocycles. The number of halogens is 2. The van der Waals surface area contributed by atoms with Crippen LogP contribution in [0.1, 0.15) is 38.2 Å². The van der Waals surface area contributed by atoms with Gasteiger partial charge >= 0.3 is 0 Å². The predicted octanol–water partition coefficient (Wildman–Crippen LogP) is 5.68. The third kappa shape index (κ3) is 5.00. The van der Waals surface area contributed by atoms with Gasteiger partial charge in [-0.2, -0.15) is 0 Å². The van der Waals surface area contributed by atoms with Crippen LogP contribution in [0.5, 0.6) is 0 Å². The van der Waals surface area contributed by atoms with Gasteiger partial charge in [0, 0.05) is 47.7 Å². The fourth-order valence-corrected chi connectivity index (χ4v) is 4.30. The second-order valence-corrected chi connectivity index (χ2v) is 9.85. The summed E-state index contributed by atoms with van der Waals surface area (Å²) in [5.41, 5.74) is 3.75. The van der Waals surface area contributed by atoms with E-state index in [9.17, 15) is 9.50 Å². The summed E-state index contributed by atoms with van der Waals surface area (Å²) in [4.78, 5) is 13.1. The summed E-state index contributed by atoms with van der Waals surface area (Å²) in [6, 6.07) is 10.2. The highest BCUT2D eigenvalue weighted by atomic mass is 35.5. The summed E-state index contributed by atoms with van der Waals surface area (Å²) in [7, 11) is 1.78. The molecule has 0 fully saturated rings. The van der Waals surface area contributed by atoms with Crippen molar-refractivity contribution < 1.29 is 9.50 Å². The summed E-state index contributed by atoms with van der Waals surface area (Å²) in [5, 5.41) is 22.8. The molecule has 1 atom stereocenters. The Morgan fingerprint density at radius 3 is 2.41 bits per heavy atom. The van der Waals surface area contributed by atoms with Crippen molar-refractivity contribution in [2.24, 2.45) is 7.05 Å². The minimum atomic E-state index is -1.13. The lowest BCUT2D eigenvalue weighted by Gasteiger charge is -2.20. The number of aliphatic hydroxyl groups is 1. The molecular weight excluding hydrogens is 493 g/mol. The van der Waals surface area contributed by atoms with E-state index >= 15 is 0 Å². The molecule has 0 radical (unpaired) electrons. The number of hydrogen-bond acceptors (Lipinski definition) is 7. The van der Waals surface area contributed by atoms with Gasteiger partial charge in [-0.05, 0) is 56.7 Å². The van der Waals surface area contributed by atoms with Crippen LogP contribution in [-0.2, 0) is 12.6 Å². The number of nitrogens with one attached hydrogen (secondary N) is 1. The molecule has 5 aromatic rings. The van der Waals surface area contributed by atoms with Gasteiger partial charge in [-0.3, -0.25) is 9.67 Å². The van der Waals surface area contributed by atoms with Crippen LogP contribution in [0.3, 0.4) is 0 Å². The van der Waals surface area contributed by atoms with Crippen LogP contribution in [0, 0.1) is 5.82 Å². The zero-order chi connectivity index (χ0) is 26.3. The molecule has 0 bridgehead atoms. The maximum absolute atomic E-state index is 14.9. The number of pyridine rings is 1. The van der Waals surface area contributed by atoms with Crippen LogP contribution >= 0.6 is 11.6 Å². The monoisotopic (exact) mass is 517 g/mol. The van der Waals surface area contributed by atoms with Gasteiger partial charge in [0.05, 0.1) is 28.5 Å². The smallest absolute Gasteiger partial charge is 0.159 e. The average molecular weight is 518 g/mol. The molecule has 0 saturated carbocycles. The molecule has 0 aliphatic heterocycles.